The van der Waals surface area contributed by atoms with Gasteiger partial charge in [0.1, 0.15) is 10.6 Å². The standard InChI is InChI=1S/C23H28N4O3S2/c1-14(2)22-20(16-8-7-9-17(11-16)30-6)21-18(10-15(3)24-23(21)31-22)25-32(28,29)19-12-26(4)13-27(19)5/h7-12,14H,13H2,1-6H3,(H,24,25). The molecule has 7 nitrogen and oxygen atoms in total. The Morgan fingerprint density at radius 2 is 1.97 bits per heavy atom. The van der Waals surface area contributed by atoms with Crippen LogP contribution in [0.3, 0.4) is 0 Å². The molecule has 3 heterocycles. The number of anilines is 1. The molecule has 0 bridgehead atoms. The zero-order valence-corrected chi connectivity index (χ0v) is 20.8. The van der Waals surface area contributed by atoms with Gasteiger partial charge in [-0.15, -0.1) is 11.3 Å². The van der Waals surface area contributed by atoms with Gasteiger partial charge in [0, 0.05) is 41.8 Å². The predicted octanol–water partition coefficient (Wildman–Crippen LogP) is 4.78. The molecular weight excluding hydrogens is 444 g/mol. The predicted molar refractivity (Wildman–Crippen MR) is 131 cm³/mol. The Morgan fingerprint density at radius 3 is 2.59 bits per heavy atom. The van der Waals surface area contributed by atoms with Crippen molar-refractivity contribution in [2.24, 2.45) is 0 Å². The van der Waals surface area contributed by atoms with Gasteiger partial charge in [0.15, 0.2) is 5.03 Å². The molecule has 0 unspecified atom stereocenters. The van der Waals surface area contributed by atoms with Gasteiger partial charge in [0.05, 0.1) is 19.5 Å². The molecule has 1 aliphatic rings. The number of sulfonamides is 1. The lowest BCUT2D eigenvalue weighted by Gasteiger charge is -2.18. The van der Waals surface area contributed by atoms with Crippen LogP contribution < -0.4 is 9.46 Å². The molecule has 32 heavy (non-hydrogen) atoms. The summed E-state index contributed by atoms with van der Waals surface area (Å²) in [4.78, 5) is 10.3. The van der Waals surface area contributed by atoms with E-state index in [1.807, 2.05) is 43.1 Å². The molecule has 1 aliphatic heterocycles. The average molecular weight is 473 g/mol. The van der Waals surface area contributed by atoms with Crippen molar-refractivity contribution in [3.05, 3.63) is 52.1 Å². The van der Waals surface area contributed by atoms with Gasteiger partial charge in [-0.05, 0) is 36.6 Å². The van der Waals surface area contributed by atoms with E-state index in [1.54, 1.807) is 42.7 Å². The van der Waals surface area contributed by atoms with E-state index in [1.165, 1.54) is 0 Å². The van der Waals surface area contributed by atoms with Gasteiger partial charge in [-0.25, -0.2) is 4.98 Å². The minimum Gasteiger partial charge on any atom is -0.497 e. The molecular formula is C23H28N4O3S2. The van der Waals surface area contributed by atoms with E-state index in [4.69, 9.17) is 9.72 Å². The monoisotopic (exact) mass is 472 g/mol. The van der Waals surface area contributed by atoms with E-state index >= 15 is 0 Å². The summed E-state index contributed by atoms with van der Waals surface area (Å²) in [7, 11) is 1.48. The maximum absolute atomic E-state index is 13.3. The van der Waals surface area contributed by atoms with Crippen LogP contribution in [-0.4, -0.2) is 51.1 Å². The number of methoxy groups -OCH3 is 1. The second kappa shape index (κ2) is 8.29. The molecule has 0 radical (unpaired) electrons. The number of pyridine rings is 1. The molecule has 9 heteroatoms. The summed E-state index contributed by atoms with van der Waals surface area (Å²) >= 11 is 1.61. The summed E-state index contributed by atoms with van der Waals surface area (Å²) in [6.45, 7) is 6.68. The van der Waals surface area contributed by atoms with Gasteiger partial charge >= 0.3 is 0 Å². The molecule has 0 saturated carbocycles. The second-order valence-corrected chi connectivity index (χ2v) is 11.0. The topological polar surface area (TPSA) is 74.8 Å². The molecule has 0 saturated heterocycles. The number of nitrogens with zero attached hydrogens (tertiary/aromatic N) is 3. The number of benzene rings is 1. The maximum Gasteiger partial charge on any atom is 0.278 e. The summed E-state index contributed by atoms with van der Waals surface area (Å²) in [5.41, 5.74) is 3.27. The van der Waals surface area contributed by atoms with Crippen molar-refractivity contribution in [2.45, 2.75) is 26.7 Å². The van der Waals surface area contributed by atoms with Crippen molar-refractivity contribution in [2.75, 3.05) is 32.6 Å². The lowest BCUT2D eigenvalue weighted by atomic mass is 9.97. The summed E-state index contributed by atoms with van der Waals surface area (Å²) < 4.78 is 34.9. The van der Waals surface area contributed by atoms with Crippen LogP contribution in [0, 0.1) is 6.92 Å². The van der Waals surface area contributed by atoms with Crippen molar-refractivity contribution in [3.8, 4) is 16.9 Å². The first kappa shape index (κ1) is 22.4. The van der Waals surface area contributed by atoms with Crippen LogP contribution in [0.5, 0.6) is 5.75 Å². The molecule has 3 aromatic rings. The fraction of sp³-hybridized carbons (Fsp3) is 0.348. The van der Waals surface area contributed by atoms with Gasteiger partial charge in [0.2, 0.25) is 0 Å². The van der Waals surface area contributed by atoms with Crippen molar-refractivity contribution in [3.63, 3.8) is 0 Å². The Bertz CT molecular complexity index is 1310. The molecule has 1 N–H and O–H groups in total. The number of hydrogen-bond acceptors (Lipinski definition) is 7. The highest BCUT2D eigenvalue weighted by Gasteiger charge is 2.29. The number of thiophene rings is 1. The highest BCUT2D eigenvalue weighted by Crippen LogP contribution is 2.46. The Balaban J connectivity index is 1.95. The third-order valence-corrected chi connectivity index (χ3v) is 8.20. The summed E-state index contributed by atoms with van der Waals surface area (Å²) in [5, 5.41) is 1.06. The summed E-state index contributed by atoms with van der Waals surface area (Å²) in [5.74, 6) is 0.997. The van der Waals surface area contributed by atoms with Crippen LogP contribution >= 0.6 is 11.3 Å². The Morgan fingerprint density at radius 1 is 1.22 bits per heavy atom. The minimum atomic E-state index is -3.78. The van der Waals surface area contributed by atoms with Crippen LogP contribution in [0.15, 0.2) is 41.6 Å². The first-order valence-electron chi connectivity index (χ1n) is 10.3. The molecule has 170 valence electrons. The molecule has 0 amide bonds. The first-order valence-corrected chi connectivity index (χ1v) is 12.6. The lowest BCUT2D eigenvalue weighted by Crippen LogP contribution is -2.26. The molecule has 0 atom stereocenters. The smallest absolute Gasteiger partial charge is 0.278 e. The van der Waals surface area contributed by atoms with E-state index in [-0.39, 0.29) is 10.9 Å². The summed E-state index contributed by atoms with van der Waals surface area (Å²) in [6.07, 6.45) is 1.64. The normalized spacial score (nSPS) is 14.4. The highest BCUT2D eigenvalue weighted by molar-refractivity contribution is 7.96. The van der Waals surface area contributed by atoms with Crippen molar-refractivity contribution in [1.82, 2.24) is 14.8 Å². The number of ether oxygens (including phenoxy) is 1. The third kappa shape index (κ3) is 4.02. The maximum atomic E-state index is 13.3. The van der Waals surface area contributed by atoms with Crippen molar-refractivity contribution >= 4 is 37.3 Å². The van der Waals surface area contributed by atoms with E-state index in [0.717, 1.165) is 37.7 Å². The van der Waals surface area contributed by atoms with Crippen LogP contribution in [0.4, 0.5) is 5.69 Å². The largest absolute Gasteiger partial charge is 0.497 e. The van der Waals surface area contributed by atoms with Gasteiger partial charge < -0.3 is 14.5 Å². The third-order valence-electron chi connectivity index (χ3n) is 5.36. The highest BCUT2D eigenvalue weighted by atomic mass is 32.2. The molecule has 0 spiro atoms. The lowest BCUT2D eigenvalue weighted by molar-refractivity contribution is 0.334. The van der Waals surface area contributed by atoms with Crippen LogP contribution in [0.1, 0.15) is 30.3 Å². The quantitative estimate of drug-likeness (QED) is 0.557. The molecule has 0 aliphatic carbocycles. The Hall–Kier alpha value is -2.78. The van der Waals surface area contributed by atoms with E-state index in [0.29, 0.717) is 12.4 Å². The SMILES string of the molecule is COc1cccc(-c2c(C(C)C)sc3nc(C)cc(NS(=O)(=O)C4=CN(C)CN4C)c23)c1. The average Bonchev–Trinajstić information content (AvgIpc) is 3.28. The van der Waals surface area contributed by atoms with Crippen molar-refractivity contribution in [1.29, 1.82) is 0 Å². The van der Waals surface area contributed by atoms with Crippen LogP contribution in [-0.2, 0) is 10.0 Å². The zero-order chi connectivity index (χ0) is 23.2. The Labute approximate surface area is 193 Å². The number of rotatable bonds is 6. The fourth-order valence-corrected chi connectivity index (χ4v) is 6.61. The second-order valence-electron chi connectivity index (χ2n) is 8.39. The van der Waals surface area contributed by atoms with Crippen LogP contribution in [0.25, 0.3) is 21.3 Å². The van der Waals surface area contributed by atoms with Gasteiger partial charge in [-0.3, -0.25) is 4.72 Å². The zero-order valence-electron chi connectivity index (χ0n) is 19.1. The summed E-state index contributed by atoms with van der Waals surface area (Å²) in [6, 6.07) is 9.66. The molecule has 1 aromatic carbocycles. The number of aromatic nitrogens is 1. The van der Waals surface area contributed by atoms with Crippen molar-refractivity contribution < 1.29 is 13.2 Å². The number of hydrogen-bond donors (Lipinski definition) is 1. The number of fused-ring (bicyclic) bond motifs is 1. The number of aryl methyl sites for hydroxylation is 1. The first-order chi connectivity index (χ1) is 15.1. The van der Waals surface area contributed by atoms with E-state index < -0.39 is 10.0 Å². The van der Waals surface area contributed by atoms with Gasteiger partial charge in [-0.1, -0.05) is 26.0 Å². The number of nitrogens with one attached hydrogen (secondary N) is 1. The minimum absolute atomic E-state index is 0.241. The van der Waals surface area contributed by atoms with Gasteiger partial charge in [0.25, 0.3) is 10.0 Å². The van der Waals surface area contributed by atoms with Gasteiger partial charge in [-0.2, -0.15) is 8.42 Å². The molecule has 2 aromatic heterocycles. The molecule has 0 fully saturated rings. The van der Waals surface area contributed by atoms with E-state index in [9.17, 15) is 8.42 Å². The molecule has 4 rings (SSSR count). The van der Waals surface area contributed by atoms with E-state index in [2.05, 4.69) is 18.6 Å². The fourth-order valence-electron chi connectivity index (χ4n) is 3.99. The Kier molecular flexibility index (Phi) is 5.81. The van der Waals surface area contributed by atoms with Crippen LogP contribution in [0.2, 0.25) is 0 Å².